The summed E-state index contributed by atoms with van der Waals surface area (Å²) in [5, 5.41) is 13.1. The van der Waals surface area contributed by atoms with Crippen LogP contribution in [-0.2, 0) is 10.2 Å². The van der Waals surface area contributed by atoms with Crippen molar-refractivity contribution in [3.05, 3.63) is 35.9 Å². The molecular weight excluding hydrogens is 236 g/mol. The summed E-state index contributed by atoms with van der Waals surface area (Å²) in [5.41, 5.74) is 1.20. The molecule has 1 N–H and O–H groups in total. The summed E-state index contributed by atoms with van der Waals surface area (Å²) >= 11 is 0. The lowest BCUT2D eigenvalue weighted by molar-refractivity contribution is -0.101. The minimum Gasteiger partial charge on any atom is -0.380 e. The van der Waals surface area contributed by atoms with E-state index in [0.29, 0.717) is 11.5 Å². The van der Waals surface area contributed by atoms with Gasteiger partial charge in [-0.25, -0.2) is 0 Å². The van der Waals surface area contributed by atoms with E-state index in [1.54, 1.807) is 0 Å². The van der Waals surface area contributed by atoms with Gasteiger partial charge in [-0.2, -0.15) is 5.26 Å². The van der Waals surface area contributed by atoms with E-state index < -0.39 is 0 Å². The average molecular weight is 256 g/mol. The molecule has 1 aromatic carbocycles. The highest BCUT2D eigenvalue weighted by Gasteiger charge is 2.46. The molecule has 0 atom stereocenters. The lowest BCUT2D eigenvalue weighted by atomic mass is 9.62. The molecule has 3 rings (SSSR count). The molecule has 1 saturated heterocycles. The number of nitrogens with one attached hydrogen (secondary N) is 1. The van der Waals surface area contributed by atoms with Crippen LogP contribution in [0.4, 0.5) is 0 Å². The first-order valence-electron chi connectivity index (χ1n) is 6.94. The second kappa shape index (κ2) is 4.63. The smallest absolute Gasteiger partial charge is 0.0852 e. The molecule has 100 valence electrons. The maximum Gasteiger partial charge on any atom is 0.0852 e. The molecule has 0 amide bonds. The highest BCUT2D eigenvalue weighted by Crippen LogP contribution is 2.43. The SMILES string of the molecule is CC1(CNC2CC(C#N)(c3ccccc3)C2)COC1. The van der Waals surface area contributed by atoms with Crippen molar-refractivity contribution < 1.29 is 4.74 Å². The molecule has 0 radical (unpaired) electrons. The zero-order chi connectivity index (χ0) is 13.3. The van der Waals surface area contributed by atoms with Crippen LogP contribution in [0.15, 0.2) is 30.3 Å². The summed E-state index contributed by atoms with van der Waals surface area (Å²) in [6, 6.07) is 13.2. The average Bonchev–Trinajstić information content (AvgIpc) is 2.37. The Labute approximate surface area is 114 Å². The highest BCUT2D eigenvalue weighted by molar-refractivity contribution is 5.36. The van der Waals surface area contributed by atoms with E-state index in [4.69, 9.17) is 4.74 Å². The first kappa shape index (κ1) is 12.7. The van der Waals surface area contributed by atoms with E-state index in [0.717, 1.165) is 38.2 Å². The number of rotatable bonds is 4. The van der Waals surface area contributed by atoms with Gasteiger partial charge in [-0.05, 0) is 18.4 Å². The van der Waals surface area contributed by atoms with Crippen LogP contribution < -0.4 is 5.32 Å². The number of hydrogen-bond acceptors (Lipinski definition) is 3. The second-order valence-corrected chi connectivity index (χ2v) is 6.35. The fraction of sp³-hybridized carbons (Fsp3) is 0.562. The van der Waals surface area contributed by atoms with E-state index in [2.05, 4.69) is 30.4 Å². The Morgan fingerprint density at radius 2 is 2.00 bits per heavy atom. The van der Waals surface area contributed by atoms with Crippen molar-refractivity contribution in [3.8, 4) is 6.07 Å². The number of ether oxygens (including phenoxy) is 1. The lowest BCUT2D eigenvalue weighted by Gasteiger charge is -2.46. The predicted molar refractivity (Wildman–Crippen MR) is 73.7 cm³/mol. The Balaban J connectivity index is 1.57. The number of nitriles is 1. The monoisotopic (exact) mass is 256 g/mol. The molecule has 1 saturated carbocycles. The third-order valence-corrected chi connectivity index (χ3v) is 4.45. The van der Waals surface area contributed by atoms with Crippen molar-refractivity contribution in [2.45, 2.75) is 31.2 Å². The molecule has 0 bridgehead atoms. The van der Waals surface area contributed by atoms with Gasteiger partial charge >= 0.3 is 0 Å². The third kappa shape index (κ3) is 2.27. The quantitative estimate of drug-likeness (QED) is 0.898. The van der Waals surface area contributed by atoms with E-state index in [1.165, 1.54) is 0 Å². The first-order chi connectivity index (χ1) is 9.16. The van der Waals surface area contributed by atoms with Crippen LogP contribution in [0.2, 0.25) is 0 Å². The molecule has 0 aromatic heterocycles. The third-order valence-electron chi connectivity index (χ3n) is 4.45. The zero-order valence-corrected chi connectivity index (χ0v) is 11.4. The molecular formula is C16H20N2O. The van der Waals surface area contributed by atoms with Crippen LogP contribution in [0.1, 0.15) is 25.3 Å². The largest absolute Gasteiger partial charge is 0.380 e. The molecule has 1 aromatic rings. The van der Waals surface area contributed by atoms with E-state index in [-0.39, 0.29) is 5.41 Å². The Kier molecular flexibility index (Phi) is 3.08. The van der Waals surface area contributed by atoms with Crippen LogP contribution in [0.25, 0.3) is 0 Å². The van der Waals surface area contributed by atoms with Gasteiger partial charge in [-0.15, -0.1) is 0 Å². The zero-order valence-electron chi connectivity index (χ0n) is 11.4. The van der Waals surface area contributed by atoms with Crippen LogP contribution in [0.3, 0.4) is 0 Å². The summed E-state index contributed by atoms with van der Waals surface area (Å²) in [4.78, 5) is 0. The Morgan fingerprint density at radius 1 is 1.32 bits per heavy atom. The Bertz CT molecular complexity index is 481. The fourth-order valence-electron chi connectivity index (χ4n) is 3.02. The van der Waals surface area contributed by atoms with Crippen molar-refractivity contribution in [2.75, 3.05) is 19.8 Å². The van der Waals surface area contributed by atoms with Gasteiger partial charge in [0.1, 0.15) is 0 Å². The van der Waals surface area contributed by atoms with Gasteiger partial charge in [0.05, 0.1) is 24.7 Å². The minimum absolute atomic E-state index is 0.268. The summed E-state index contributed by atoms with van der Waals surface area (Å²) in [5.74, 6) is 0. The van der Waals surface area contributed by atoms with Gasteiger partial charge in [-0.1, -0.05) is 37.3 Å². The number of nitrogens with zero attached hydrogens (tertiary/aromatic N) is 1. The molecule has 0 unspecified atom stereocenters. The Hall–Kier alpha value is -1.37. The van der Waals surface area contributed by atoms with Crippen molar-refractivity contribution in [3.63, 3.8) is 0 Å². The predicted octanol–water partition coefficient (Wildman–Crippen LogP) is 2.24. The van der Waals surface area contributed by atoms with Gasteiger partial charge < -0.3 is 10.1 Å². The van der Waals surface area contributed by atoms with Crippen molar-refractivity contribution >= 4 is 0 Å². The number of benzene rings is 1. The van der Waals surface area contributed by atoms with E-state index in [1.807, 2.05) is 18.2 Å². The number of hydrogen-bond donors (Lipinski definition) is 1. The fourth-order valence-corrected chi connectivity index (χ4v) is 3.02. The van der Waals surface area contributed by atoms with Crippen molar-refractivity contribution in [1.82, 2.24) is 5.32 Å². The van der Waals surface area contributed by atoms with Gasteiger partial charge in [-0.3, -0.25) is 0 Å². The van der Waals surface area contributed by atoms with Crippen LogP contribution in [0.5, 0.6) is 0 Å². The normalized spacial score (nSPS) is 31.9. The van der Waals surface area contributed by atoms with Gasteiger partial charge in [0.15, 0.2) is 0 Å². The molecule has 3 nitrogen and oxygen atoms in total. The van der Waals surface area contributed by atoms with Crippen molar-refractivity contribution in [2.24, 2.45) is 5.41 Å². The lowest BCUT2D eigenvalue weighted by Crippen LogP contribution is -2.56. The topological polar surface area (TPSA) is 45.0 Å². The molecule has 2 fully saturated rings. The van der Waals surface area contributed by atoms with Crippen LogP contribution in [-0.4, -0.2) is 25.8 Å². The van der Waals surface area contributed by atoms with Crippen molar-refractivity contribution in [1.29, 1.82) is 5.26 Å². The van der Waals surface area contributed by atoms with Crippen LogP contribution in [0, 0.1) is 16.7 Å². The summed E-state index contributed by atoms with van der Waals surface area (Å²) < 4.78 is 5.26. The standard InChI is InChI=1S/C16H20N2O/c1-15(11-19-12-15)10-18-14-7-16(8-14,9-17)13-5-3-2-4-6-13/h2-6,14,18H,7-8,10-12H2,1H3. The van der Waals surface area contributed by atoms with E-state index >= 15 is 0 Å². The van der Waals surface area contributed by atoms with Gasteiger partial charge in [0.25, 0.3) is 0 Å². The maximum absolute atomic E-state index is 9.50. The highest BCUT2D eigenvalue weighted by atomic mass is 16.5. The molecule has 3 heteroatoms. The molecule has 19 heavy (non-hydrogen) atoms. The Morgan fingerprint density at radius 3 is 2.53 bits per heavy atom. The minimum atomic E-state index is -0.268. The molecule has 1 aliphatic carbocycles. The molecule has 2 aliphatic rings. The molecule has 1 heterocycles. The summed E-state index contributed by atoms with van der Waals surface area (Å²) in [6.07, 6.45) is 1.84. The summed E-state index contributed by atoms with van der Waals surface area (Å²) in [6.45, 7) is 4.95. The summed E-state index contributed by atoms with van der Waals surface area (Å²) in [7, 11) is 0. The molecule has 0 spiro atoms. The van der Waals surface area contributed by atoms with Crippen LogP contribution >= 0.6 is 0 Å². The van der Waals surface area contributed by atoms with E-state index in [9.17, 15) is 5.26 Å². The molecule has 1 aliphatic heterocycles. The second-order valence-electron chi connectivity index (χ2n) is 6.35. The van der Waals surface area contributed by atoms with Gasteiger partial charge in [0.2, 0.25) is 0 Å². The van der Waals surface area contributed by atoms with Gasteiger partial charge in [0, 0.05) is 18.0 Å². The first-order valence-corrected chi connectivity index (χ1v) is 6.94. The maximum atomic E-state index is 9.50.